The molecule has 0 aromatic heterocycles. The van der Waals surface area contributed by atoms with Crippen molar-refractivity contribution in [2.75, 3.05) is 45.1 Å². The van der Waals surface area contributed by atoms with Crippen molar-refractivity contribution in [2.24, 2.45) is 0 Å². The highest BCUT2D eigenvalue weighted by Gasteiger charge is 2.18. The molecule has 2 aliphatic rings. The first-order chi connectivity index (χ1) is 13.6. The number of hydrogen-bond acceptors (Lipinski definition) is 4. The molecule has 4 rings (SSSR count). The van der Waals surface area contributed by atoms with Crippen LogP contribution in [0.4, 0.5) is 10.1 Å². The Hall–Kier alpha value is -2.28. The van der Waals surface area contributed by atoms with Crippen LogP contribution < -0.4 is 10.6 Å². The van der Waals surface area contributed by atoms with Crippen molar-refractivity contribution in [2.45, 2.75) is 19.5 Å². The average Bonchev–Trinajstić information content (AvgIpc) is 2.72. The van der Waals surface area contributed by atoms with E-state index in [1.807, 2.05) is 30.3 Å². The van der Waals surface area contributed by atoms with Gasteiger partial charge >= 0.3 is 0 Å². The van der Waals surface area contributed by atoms with Gasteiger partial charge in [0.05, 0.1) is 5.69 Å². The molecule has 5 nitrogen and oxygen atoms in total. The van der Waals surface area contributed by atoms with Gasteiger partial charge in [-0.3, -0.25) is 9.69 Å². The Bertz CT molecular complexity index is 844. The van der Waals surface area contributed by atoms with Crippen LogP contribution in [0.25, 0.3) is 0 Å². The Labute approximate surface area is 165 Å². The van der Waals surface area contributed by atoms with Crippen molar-refractivity contribution in [3.63, 3.8) is 0 Å². The highest BCUT2D eigenvalue weighted by molar-refractivity contribution is 6.04. The summed E-state index contributed by atoms with van der Waals surface area (Å²) in [6, 6.07) is 11.2. The van der Waals surface area contributed by atoms with Crippen molar-refractivity contribution in [1.82, 2.24) is 15.1 Å². The van der Waals surface area contributed by atoms with E-state index < -0.39 is 0 Å². The second-order valence-electron chi connectivity index (χ2n) is 7.72. The van der Waals surface area contributed by atoms with Gasteiger partial charge in [0.2, 0.25) is 0 Å². The quantitative estimate of drug-likeness (QED) is 0.853. The molecular weight excluding hydrogens is 355 g/mol. The summed E-state index contributed by atoms with van der Waals surface area (Å²) in [6.07, 6.45) is 0.645. The summed E-state index contributed by atoms with van der Waals surface area (Å²) in [7, 11) is 2.15. The predicted molar refractivity (Wildman–Crippen MR) is 109 cm³/mol. The van der Waals surface area contributed by atoms with Gasteiger partial charge < -0.3 is 15.5 Å². The molecule has 0 spiro atoms. The summed E-state index contributed by atoms with van der Waals surface area (Å²) in [4.78, 5) is 17.3. The number of rotatable bonds is 4. The molecule has 2 N–H and O–H groups in total. The smallest absolute Gasteiger partial charge is 0.255 e. The molecule has 2 heterocycles. The minimum atomic E-state index is -0.306. The zero-order valence-electron chi connectivity index (χ0n) is 16.3. The number of hydrogen-bond donors (Lipinski definition) is 2. The van der Waals surface area contributed by atoms with Gasteiger partial charge in [0.25, 0.3) is 5.91 Å². The number of likely N-dealkylation sites (N-methyl/N-ethyl adjacent to an activating group) is 1. The maximum absolute atomic E-state index is 14.7. The van der Waals surface area contributed by atoms with E-state index in [-0.39, 0.29) is 17.4 Å². The summed E-state index contributed by atoms with van der Waals surface area (Å²) < 4.78 is 14.7. The lowest BCUT2D eigenvalue weighted by Crippen LogP contribution is -2.43. The number of fused-ring (bicyclic) bond motifs is 1. The zero-order valence-corrected chi connectivity index (χ0v) is 16.3. The van der Waals surface area contributed by atoms with Gasteiger partial charge in [0, 0.05) is 44.8 Å². The van der Waals surface area contributed by atoms with Gasteiger partial charge in [-0.2, -0.15) is 0 Å². The molecular formula is C22H27FN4O. The van der Waals surface area contributed by atoms with Gasteiger partial charge in [-0.05, 0) is 54.9 Å². The lowest BCUT2D eigenvalue weighted by Gasteiger charge is -2.32. The molecule has 0 unspecified atom stereocenters. The lowest BCUT2D eigenvalue weighted by atomic mass is 9.99. The van der Waals surface area contributed by atoms with Crippen LogP contribution in [0.2, 0.25) is 0 Å². The fourth-order valence-corrected chi connectivity index (χ4v) is 3.85. The van der Waals surface area contributed by atoms with Gasteiger partial charge in [-0.15, -0.1) is 0 Å². The molecule has 148 valence electrons. The van der Waals surface area contributed by atoms with Crippen LogP contribution in [-0.4, -0.2) is 55.5 Å². The van der Waals surface area contributed by atoms with E-state index in [1.165, 1.54) is 5.56 Å². The number of halogens is 1. The van der Waals surface area contributed by atoms with Crippen LogP contribution >= 0.6 is 0 Å². The van der Waals surface area contributed by atoms with Crippen LogP contribution in [0.1, 0.15) is 27.0 Å². The van der Waals surface area contributed by atoms with Crippen molar-refractivity contribution < 1.29 is 9.18 Å². The monoisotopic (exact) mass is 382 g/mol. The normalized spacial score (nSPS) is 17.9. The van der Waals surface area contributed by atoms with Crippen LogP contribution in [0.15, 0.2) is 36.4 Å². The minimum absolute atomic E-state index is 0.257. The van der Waals surface area contributed by atoms with E-state index in [4.69, 9.17) is 0 Å². The fraction of sp³-hybridized carbons (Fsp3) is 0.409. The first kappa shape index (κ1) is 19.1. The molecule has 28 heavy (non-hydrogen) atoms. The number of benzene rings is 2. The summed E-state index contributed by atoms with van der Waals surface area (Å²) in [5.41, 5.74) is 3.66. The number of carbonyl (C=O) groups is 1. The largest absolute Gasteiger partial charge is 0.319 e. The molecule has 1 saturated heterocycles. The van der Waals surface area contributed by atoms with Crippen molar-refractivity contribution >= 4 is 11.6 Å². The molecule has 1 fully saturated rings. The molecule has 6 heteroatoms. The predicted octanol–water partition coefficient (Wildman–Crippen LogP) is 2.47. The van der Waals surface area contributed by atoms with E-state index in [2.05, 4.69) is 27.5 Å². The van der Waals surface area contributed by atoms with Crippen molar-refractivity contribution in [3.05, 3.63) is 64.5 Å². The molecule has 2 aromatic carbocycles. The van der Waals surface area contributed by atoms with E-state index in [0.717, 1.165) is 44.8 Å². The van der Waals surface area contributed by atoms with Crippen LogP contribution in [0, 0.1) is 5.82 Å². The van der Waals surface area contributed by atoms with Gasteiger partial charge in [-0.1, -0.05) is 18.2 Å². The van der Waals surface area contributed by atoms with Gasteiger partial charge in [0.15, 0.2) is 0 Å². The third-order valence-electron chi connectivity index (χ3n) is 5.67. The fourth-order valence-electron chi connectivity index (χ4n) is 3.85. The van der Waals surface area contributed by atoms with Gasteiger partial charge in [-0.25, -0.2) is 4.39 Å². The molecule has 1 amide bonds. The first-order valence-electron chi connectivity index (χ1n) is 9.92. The molecule has 0 radical (unpaired) electrons. The topological polar surface area (TPSA) is 47.6 Å². The maximum Gasteiger partial charge on any atom is 0.255 e. The molecule has 2 aliphatic heterocycles. The first-order valence-corrected chi connectivity index (χ1v) is 9.92. The highest BCUT2D eigenvalue weighted by Crippen LogP contribution is 2.25. The third kappa shape index (κ3) is 4.24. The number of nitrogens with zero attached hydrogens (tertiary/aromatic N) is 2. The average molecular weight is 382 g/mol. The summed E-state index contributed by atoms with van der Waals surface area (Å²) in [5.74, 6) is -0.585. The Morgan fingerprint density at radius 1 is 1.11 bits per heavy atom. The van der Waals surface area contributed by atoms with Crippen LogP contribution in [-0.2, 0) is 19.5 Å². The molecule has 2 aromatic rings. The van der Waals surface area contributed by atoms with Gasteiger partial charge in [0.1, 0.15) is 5.82 Å². The zero-order chi connectivity index (χ0) is 19.5. The van der Waals surface area contributed by atoms with Crippen LogP contribution in [0.3, 0.4) is 0 Å². The molecule has 0 aliphatic carbocycles. The van der Waals surface area contributed by atoms with E-state index in [0.29, 0.717) is 24.1 Å². The standard InChI is InChI=1S/C22H27FN4O/c1-26-10-12-27(13-11-26)15-16-2-4-17(5-3-16)22(28)25-20-7-6-18-14-24-9-8-19(18)21(20)23/h2-7,24H,8-15H2,1H3,(H,25,28). The second kappa shape index (κ2) is 8.39. The van der Waals surface area contributed by atoms with Crippen molar-refractivity contribution in [3.8, 4) is 0 Å². The molecule has 0 atom stereocenters. The van der Waals surface area contributed by atoms with E-state index in [1.54, 1.807) is 6.07 Å². The van der Waals surface area contributed by atoms with Crippen molar-refractivity contribution in [1.29, 1.82) is 0 Å². The SMILES string of the molecule is CN1CCN(Cc2ccc(C(=O)Nc3ccc4c(c3F)CCNC4)cc2)CC1. The Kier molecular flexibility index (Phi) is 5.71. The minimum Gasteiger partial charge on any atom is -0.319 e. The highest BCUT2D eigenvalue weighted by atomic mass is 19.1. The number of nitrogens with one attached hydrogen (secondary N) is 2. The Morgan fingerprint density at radius 2 is 1.86 bits per heavy atom. The summed E-state index contributed by atoms with van der Waals surface area (Å²) in [5, 5.41) is 5.96. The summed E-state index contributed by atoms with van der Waals surface area (Å²) in [6.45, 7) is 6.62. The van der Waals surface area contributed by atoms with Crippen LogP contribution in [0.5, 0.6) is 0 Å². The second-order valence-corrected chi connectivity index (χ2v) is 7.72. The Morgan fingerprint density at radius 3 is 2.61 bits per heavy atom. The molecule has 0 bridgehead atoms. The van der Waals surface area contributed by atoms with E-state index in [9.17, 15) is 9.18 Å². The number of amides is 1. The number of anilines is 1. The molecule has 0 saturated carbocycles. The summed E-state index contributed by atoms with van der Waals surface area (Å²) >= 11 is 0. The Balaban J connectivity index is 1.40. The van der Waals surface area contributed by atoms with E-state index >= 15 is 0 Å². The lowest BCUT2D eigenvalue weighted by molar-refractivity contribution is 0.102. The maximum atomic E-state index is 14.7. The third-order valence-corrected chi connectivity index (χ3v) is 5.67. The number of piperazine rings is 1. The number of carbonyl (C=O) groups excluding carboxylic acids is 1.